The lowest BCUT2D eigenvalue weighted by Crippen LogP contribution is -2.44. The molecule has 27 heavy (non-hydrogen) atoms. The molecule has 0 bridgehead atoms. The predicted molar refractivity (Wildman–Crippen MR) is 110 cm³/mol. The Morgan fingerprint density at radius 2 is 2.07 bits per heavy atom. The quantitative estimate of drug-likeness (QED) is 0.796. The summed E-state index contributed by atoms with van der Waals surface area (Å²) in [5.41, 5.74) is 1.43. The zero-order valence-electron chi connectivity index (χ0n) is 15.7. The third-order valence-corrected chi connectivity index (χ3v) is 6.52. The first-order chi connectivity index (χ1) is 13.0. The van der Waals surface area contributed by atoms with E-state index in [0.29, 0.717) is 22.2 Å². The van der Waals surface area contributed by atoms with Gasteiger partial charge in [0.1, 0.15) is 16.7 Å². The van der Waals surface area contributed by atoms with E-state index in [1.807, 2.05) is 6.92 Å². The van der Waals surface area contributed by atoms with Crippen LogP contribution in [-0.4, -0.2) is 46.5 Å². The number of carbonyl (C=O) groups is 2. The maximum Gasteiger partial charge on any atom is 0.267 e. The summed E-state index contributed by atoms with van der Waals surface area (Å²) in [6, 6.07) is 6.67. The van der Waals surface area contributed by atoms with Crippen LogP contribution in [0.4, 0.5) is 5.69 Å². The number of aromatic nitrogens is 1. The van der Waals surface area contributed by atoms with Crippen molar-refractivity contribution in [2.75, 3.05) is 24.1 Å². The van der Waals surface area contributed by atoms with Crippen LogP contribution < -0.4 is 10.1 Å². The van der Waals surface area contributed by atoms with Crippen LogP contribution in [0.1, 0.15) is 33.7 Å². The topological polar surface area (TPSA) is 71.5 Å². The summed E-state index contributed by atoms with van der Waals surface area (Å²) in [5, 5.41) is 3.87. The van der Waals surface area contributed by atoms with Gasteiger partial charge in [0.2, 0.25) is 5.91 Å². The molecule has 1 aromatic carbocycles. The summed E-state index contributed by atoms with van der Waals surface area (Å²) in [7, 11) is 1.60. The largest absolute Gasteiger partial charge is 0.497 e. The maximum absolute atomic E-state index is 13.0. The number of thiazole rings is 1. The second-order valence-corrected chi connectivity index (χ2v) is 8.36. The Morgan fingerprint density at radius 3 is 2.74 bits per heavy atom. The molecule has 6 nitrogen and oxygen atoms in total. The van der Waals surface area contributed by atoms with E-state index >= 15 is 0 Å². The Labute approximate surface area is 167 Å². The second kappa shape index (κ2) is 8.75. The molecule has 8 heteroatoms. The number of methoxy groups -OCH3 is 1. The van der Waals surface area contributed by atoms with Gasteiger partial charge in [0.25, 0.3) is 5.91 Å². The minimum atomic E-state index is -0.485. The van der Waals surface area contributed by atoms with Crippen LogP contribution in [0.3, 0.4) is 0 Å². The molecule has 1 aromatic heterocycles. The molecule has 2 heterocycles. The van der Waals surface area contributed by atoms with Crippen LogP contribution in [-0.2, 0) is 11.2 Å². The molecule has 2 aromatic rings. The highest BCUT2D eigenvalue weighted by molar-refractivity contribution is 7.99. The van der Waals surface area contributed by atoms with Crippen LogP contribution in [0, 0.1) is 6.92 Å². The molecule has 1 aliphatic heterocycles. The summed E-state index contributed by atoms with van der Waals surface area (Å²) in [4.78, 5) is 32.6. The van der Waals surface area contributed by atoms with Crippen molar-refractivity contribution >= 4 is 40.6 Å². The molecule has 1 N–H and O–H groups in total. The highest BCUT2D eigenvalue weighted by atomic mass is 32.2. The number of benzene rings is 1. The molecule has 0 spiro atoms. The molecule has 1 aliphatic rings. The number of nitrogens with zero attached hydrogens (tertiary/aromatic N) is 2. The van der Waals surface area contributed by atoms with Crippen LogP contribution in [0.2, 0.25) is 0 Å². The van der Waals surface area contributed by atoms with Crippen molar-refractivity contribution in [3.63, 3.8) is 0 Å². The third-order valence-electron chi connectivity index (χ3n) is 4.30. The molecule has 1 unspecified atom stereocenters. The number of amides is 2. The molecular formula is C19H23N3O3S2. The number of nitrogens with one attached hydrogen (secondary N) is 1. The molecule has 3 rings (SSSR count). The van der Waals surface area contributed by atoms with E-state index < -0.39 is 6.04 Å². The highest BCUT2D eigenvalue weighted by Gasteiger charge is 2.36. The number of hydrogen-bond donors (Lipinski definition) is 1. The number of thioether (sulfide) groups is 1. The van der Waals surface area contributed by atoms with Gasteiger partial charge in [-0.3, -0.25) is 9.59 Å². The zero-order valence-corrected chi connectivity index (χ0v) is 17.3. The Balaban J connectivity index is 1.72. The summed E-state index contributed by atoms with van der Waals surface area (Å²) >= 11 is 3.03. The maximum atomic E-state index is 13.0. The summed E-state index contributed by atoms with van der Waals surface area (Å²) in [5.74, 6) is 1.55. The van der Waals surface area contributed by atoms with Gasteiger partial charge in [0.05, 0.1) is 23.7 Å². The molecule has 144 valence electrons. The fourth-order valence-corrected chi connectivity index (χ4v) is 5.14. The Morgan fingerprint density at radius 1 is 1.33 bits per heavy atom. The van der Waals surface area contributed by atoms with Crippen molar-refractivity contribution in [3.8, 4) is 5.75 Å². The van der Waals surface area contributed by atoms with E-state index in [9.17, 15) is 9.59 Å². The molecule has 2 amide bonds. The molecule has 0 saturated carbocycles. The van der Waals surface area contributed by atoms with Gasteiger partial charge in [-0.25, -0.2) is 4.98 Å². The number of ether oxygens (including phenoxy) is 1. The second-order valence-electron chi connectivity index (χ2n) is 6.28. The van der Waals surface area contributed by atoms with Gasteiger partial charge in [-0.05, 0) is 44.0 Å². The van der Waals surface area contributed by atoms with E-state index in [-0.39, 0.29) is 11.8 Å². The minimum absolute atomic E-state index is 0.104. The average molecular weight is 406 g/mol. The van der Waals surface area contributed by atoms with E-state index in [4.69, 9.17) is 4.74 Å². The van der Waals surface area contributed by atoms with Crippen LogP contribution >= 0.6 is 23.1 Å². The zero-order chi connectivity index (χ0) is 19.4. The fourth-order valence-electron chi connectivity index (χ4n) is 2.86. The van der Waals surface area contributed by atoms with Gasteiger partial charge in [-0.2, -0.15) is 0 Å². The molecule has 1 saturated heterocycles. The van der Waals surface area contributed by atoms with Gasteiger partial charge < -0.3 is 15.0 Å². The van der Waals surface area contributed by atoms with Crippen molar-refractivity contribution in [1.29, 1.82) is 0 Å². The summed E-state index contributed by atoms with van der Waals surface area (Å²) in [6.07, 6.45) is 1.86. The van der Waals surface area contributed by atoms with Crippen molar-refractivity contribution in [2.45, 2.75) is 32.7 Å². The molecule has 1 atom stereocenters. The number of rotatable bonds is 6. The van der Waals surface area contributed by atoms with Crippen molar-refractivity contribution in [2.24, 2.45) is 0 Å². The average Bonchev–Trinajstić information content (AvgIpc) is 3.29. The van der Waals surface area contributed by atoms with Gasteiger partial charge in [0, 0.05) is 11.4 Å². The first-order valence-electron chi connectivity index (χ1n) is 8.83. The number of carbonyl (C=O) groups excluding carboxylic acids is 2. The van der Waals surface area contributed by atoms with Crippen LogP contribution in [0.15, 0.2) is 24.3 Å². The van der Waals surface area contributed by atoms with Crippen LogP contribution in [0.25, 0.3) is 0 Å². The first-order valence-corrected chi connectivity index (χ1v) is 10.8. The van der Waals surface area contributed by atoms with E-state index in [2.05, 4.69) is 17.2 Å². The van der Waals surface area contributed by atoms with Crippen molar-refractivity contribution in [1.82, 2.24) is 9.88 Å². The number of anilines is 1. The molecule has 1 fully saturated rings. The predicted octanol–water partition coefficient (Wildman–Crippen LogP) is 3.57. The first kappa shape index (κ1) is 19.7. The Kier molecular flexibility index (Phi) is 6.38. The monoisotopic (exact) mass is 405 g/mol. The van der Waals surface area contributed by atoms with Gasteiger partial charge in [-0.1, -0.05) is 6.92 Å². The summed E-state index contributed by atoms with van der Waals surface area (Å²) < 4.78 is 5.13. The lowest BCUT2D eigenvalue weighted by molar-refractivity contribution is -0.119. The SMILES string of the molecule is CCCc1nc(C)c(C(=O)N2CSCC2C(=O)Nc2ccc(OC)cc2)s1. The normalized spacial score (nSPS) is 16.4. The van der Waals surface area contributed by atoms with Crippen molar-refractivity contribution < 1.29 is 14.3 Å². The Bertz CT molecular complexity index is 820. The number of aryl methyl sites for hydroxylation is 2. The molecule has 0 radical (unpaired) electrons. The van der Waals surface area contributed by atoms with Crippen molar-refractivity contribution in [3.05, 3.63) is 39.8 Å². The minimum Gasteiger partial charge on any atom is -0.497 e. The van der Waals surface area contributed by atoms with E-state index in [1.165, 1.54) is 11.3 Å². The lowest BCUT2D eigenvalue weighted by atomic mass is 10.2. The standard InChI is InChI=1S/C19H23N3O3S2/c1-4-5-16-20-12(2)17(27-16)19(24)22-11-26-10-15(22)18(23)21-13-6-8-14(25-3)9-7-13/h6-9,15H,4-5,10-11H2,1-3H3,(H,21,23). The molecular weight excluding hydrogens is 382 g/mol. The Hall–Kier alpha value is -2.06. The van der Waals surface area contributed by atoms with E-state index in [0.717, 1.165) is 29.3 Å². The van der Waals surface area contributed by atoms with E-state index in [1.54, 1.807) is 48.0 Å². The molecule has 0 aliphatic carbocycles. The smallest absolute Gasteiger partial charge is 0.267 e. The fraction of sp³-hybridized carbons (Fsp3) is 0.421. The number of hydrogen-bond acceptors (Lipinski definition) is 6. The highest BCUT2D eigenvalue weighted by Crippen LogP contribution is 2.28. The van der Waals surface area contributed by atoms with Gasteiger partial charge in [0.15, 0.2) is 0 Å². The lowest BCUT2D eigenvalue weighted by Gasteiger charge is -2.22. The van der Waals surface area contributed by atoms with Gasteiger partial charge >= 0.3 is 0 Å². The third kappa shape index (κ3) is 4.44. The van der Waals surface area contributed by atoms with Crippen LogP contribution in [0.5, 0.6) is 5.75 Å². The summed E-state index contributed by atoms with van der Waals surface area (Å²) in [6.45, 7) is 3.95. The van der Waals surface area contributed by atoms with Gasteiger partial charge in [-0.15, -0.1) is 23.1 Å².